The predicted octanol–water partition coefficient (Wildman–Crippen LogP) is 5.03. The number of nitrogens with zero attached hydrogens (tertiary/aromatic N) is 1. The Hall–Kier alpha value is -1.15. The molecule has 1 N–H and O–H groups in total. The van der Waals surface area contributed by atoms with Gasteiger partial charge in [0.25, 0.3) is 0 Å². The summed E-state index contributed by atoms with van der Waals surface area (Å²) in [5.41, 5.74) is 0. The molecule has 1 aromatic heterocycles. The number of rotatable bonds is 10. The molecule has 24 heavy (non-hydrogen) atoms. The van der Waals surface area contributed by atoms with Gasteiger partial charge in [-0.15, -0.1) is 0 Å². The average Bonchev–Trinajstić information content (AvgIpc) is 2.55. The molecule has 1 unspecified atom stereocenters. The topological polar surface area (TPSA) is 67.3 Å². The second-order valence-corrected chi connectivity index (χ2v) is 6.93. The summed E-state index contributed by atoms with van der Waals surface area (Å²) in [6, 6.07) is 5.72. The molecule has 0 amide bonds. The lowest BCUT2D eigenvalue weighted by Gasteiger charge is -2.17. The van der Waals surface area contributed by atoms with Crippen LogP contribution in [0.4, 0.5) is 13.2 Å². The first-order valence-corrected chi connectivity index (χ1v) is 9.51. The van der Waals surface area contributed by atoms with E-state index in [9.17, 15) is 21.6 Å². The van der Waals surface area contributed by atoms with Crippen molar-refractivity contribution in [2.75, 3.05) is 0 Å². The first-order chi connectivity index (χ1) is 11.2. The number of alkyl halides is 3. The van der Waals surface area contributed by atoms with Gasteiger partial charge < -0.3 is 0 Å². The Kier molecular flexibility index (Phi) is 11.7. The fourth-order valence-electron chi connectivity index (χ4n) is 1.92. The molecule has 1 aromatic rings. The molecule has 0 bridgehead atoms. The Morgan fingerprint density at radius 3 is 1.88 bits per heavy atom. The van der Waals surface area contributed by atoms with Crippen molar-refractivity contribution in [3.8, 4) is 0 Å². The third-order valence-electron chi connectivity index (χ3n) is 3.34. The highest BCUT2D eigenvalue weighted by Gasteiger charge is 2.52. The van der Waals surface area contributed by atoms with E-state index >= 15 is 0 Å². The Balaban J connectivity index is 0.000000728. The van der Waals surface area contributed by atoms with Crippen LogP contribution in [0, 0.1) is 0 Å². The van der Waals surface area contributed by atoms with Gasteiger partial charge in [-0.3, -0.25) is 9.54 Å². The lowest BCUT2D eigenvalue weighted by Crippen LogP contribution is -2.38. The van der Waals surface area contributed by atoms with Gasteiger partial charge in [-0.25, -0.2) is 4.39 Å². The van der Waals surface area contributed by atoms with Crippen molar-refractivity contribution in [1.29, 1.82) is 0 Å². The van der Waals surface area contributed by atoms with E-state index in [4.69, 9.17) is 4.55 Å². The summed E-state index contributed by atoms with van der Waals surface area (Å²) in [4.78, 5) is 3.78. The third-order valence-corrected chi connectivity index (χ3v) is 4.28. The van der Waals surface area contributed by atoms with Crippen LogP contribution in [0.5, 0.6) is 0 Å². The summed E-state index contributed by atoms with van der Waals surface area (Å²) < 4.78 is 67.3. The highest BCUT2D eigenvalue weighted by atomic mass is 32.2. The first kappa shape index (κ1) is 22.9. The van der Waals surface area contributed by atoms with E-state index in [0.29, 0.717) is 6.42 Å². The zero-order valence-corrected chi connectivity index (χ0v) is 14.7. The molecule has 0 radical (unpaired) electrons. The first-order valence-electron chi connectivity index (χ1n) is 8.07. The van der Waals surface area contributed by atoms with Crippen molar-refractivity contribution >= 4 is 10.1 Å². The van der Waals surface area contributed by atoms with Crippen LogP contribution in [0.25, 0.3) is 0 Å². The second-order valence-electron chi connectivity index (χ2n) is 5.44. The van der Waals surface area contributed by atoms with Crippen molar-refractivity contribution in [1.82, 2.24) is 4.98 Å². The van der Waals surface area contributed by atoms with Gasteiger partial charge in [0.2, 0.25) is 0 Å². The van der Waals surface area contributed by atoms with Gasteiger partial charge in [-0.05, 0) is 18.6 Å². The quantitative estimate of drug-likeness (QED) is 0.464. The monoisotopic (exact) mass is 369 g/mol. The van der Waals surface area contributed by atoms with Crippen LogP contribution in [0.1, 0.15) is 58.3 Å². The molecule has 0 saturated carbocycles. The maximum atomic E-state index is 13.0. The lowest BCUT2D eigenvalue weighted by atomic mass is 10.1. The van der Waals surface area contributed by atoms with Crippen LogP contribution >= 0.6 is 0 Å². The van der Waals surface area contributed by atoms with E-state index in [1.807, 2.05) is 18.2 Å². The minimum atomic E-state index is -5.66. The maximum absolute atomic E-state index is 13.0. The minimum absolute atomic E-state index is 0.193. The molecule has 1 rings (SSSR count). The summed E-state index contributed by atoms with van der Waals surface area (Å²) >= 11 is 0. The largest absolute Gasteiger partial charge is 0.400 e. The molecule has 0 fully saturated rings. The van der Waals surface area contributed by atoms with E-state index in [1.165, 1.54) is 0 Å². The summed E-state index contributed by atoms with van der Waals surface area (Å²) in [7, 11) is -5.66. The number of unbranched alkanes of at least 4 members (excludes halogenated alkanes) is 6. The molecule has 0 aromatic carbocycles. The second kappa shape index (κ2) is 12.2. The Morgan fingerprint density at radius 1 is 1.00 bits per heavy atom. The molecule has 0 spiro atoms. The maximum Gasteiger partial charge on any atom is 0.400 e. The molecule has 1 atom stereocenters. The zero-order chi connectivity index (χ0) is 18.5. The smallest absolute Gasteiger partial charge is 0.281 e. The molecular formula is C16H26F3NO3S. The van der Waals surface area contributed by atoms with Crippen molar-refractivity contribution in [3.05, 3.63) is 30.6 Å². The lowest BCUT2D eigenvalue weighted by molar-refractivity contribution is -0.00709. The number of halogens is 3. The van der Waals surface area contributed by atoms with Crippen molar-refractivity contribution in [2.45, 2.75) is 69.7 Å². The molecule has 140 valence electrons. The van der Waals surface area contributed by atoms with E-state index in [1.54, 1.807) is 12.4 Å². The number of hydrogen-bond acceptors (Lipinski definition) is 3. The minimum Gasteiger partial charge on any atom is -0.281 e. The van der Waals surface area contributed by atoms with E-state index in [2.05, 4.69) is 11.9 Å². The fraction of sp³-hybridized carbons (Fsp3) is 0.688. The van der Waals surface area contributed by atoms with E-state index < -0.39 is 28.0 Å². The molecular weight excluding hydrogens is 343 g/mol. The standard InChI is InChI=1S/C11H21F3O3S.C5H5N/c1-2-3-4-5-6-7-8-9-10(12)11(13,14)18(15,16)17;1-2-4-6-5-3-1/h10H,2-9H2,1H3,(H,15,16,17);1-5H. The summed E-state index contributed by atoms with van der Waals surface area (Å²) in [5, 5.41) is -4.70. The summed E-state index contributed by atoms with van der Waals surface area (Å²) in [6.45, 7) is 2.07. The van der Waals surface area contributed by atoms with Gasteiger partial charge in [-0.1, -0.05) is 57.9 Å². The van der Waals surface area contributed by atoms with Crippen molar-refractivity contribution < 1.29 is 26.1 Å². The average molecular weight is 369 g/mol. The van der Waals surface area contributed by atoms with Crippen molar-refractivity contribution in [3.63, 3.8) is 0 Å². The van der Waals surface area contributed by atoms with Crippen LogP contribution in [0.15, 0.2) is 30.6 Å². The van der Waals surface area contributed by atoms with Crippen LogP contribution in [0.3, 0.4) is 0 Å². The molecule has 0 aliphatic carbocycles. The predicted molar refractivity (Wildman–Crippen MR) is 88.2 cm³/mol. The Labute approximate surface area is 142 Å². The molecule has 0 saturated heterocycles. The number of hydrogen-bond donors (Lipinski definition) is 1. The zero-order valence-electron chi connectivity index (χ0n) is 13.9. The highest BCUT2D eigenvalue weighted by Crippen LogP contribution is 2.30. The van der Waals surface area contributed by atoms with Gasteiger partial charge in [0, 0.05) is 12.4 Å². The van der Waals surface area contributed by atoms with Crippen LogP contribution in [0.2, 0.25) is 0 Å². The van der Waals surface area contributed by atoms with Crippen molar-refractivity contribution in [2.24, 2.45) is 0 Å². The van der Waals surface area contributed by atoms with Gasteiger partial charge in [0.15, 0.2) is 6.17 Å². The number of pyridine rings is 1. The van der Waals surface area contributed by atoms with E-state index in [-0.39, 0.29) is 6.42 Å². The van der Waals surface area contributed by atoms with Gasteiger partial charge in [-0.2, -0.15) is 17.2 Å². The van der Waals surface area contributed by atoms with E-state index in [0.717, 1.165) is 32.1 Å². The summed E-state index contributed by atoms with van der Waals surface area (Å²) in [5.74, 6) is 0. The van der Waals surface area contributed by atoms with Gasteiger partial charge >= 0.3 is 15.4 Å². The van der Waals surface area contributed by atoms with Crippen LogP contribution in [-0.2, 0) is 10.1 Å². The summed E-state index contributed by atoms with van der Waals surface area (Å²) in [6.07, 6.45) is 5.97. The molecule has 4 nitrogen and oxygen atoms in total. The SMILES string of the molecule is CCCCCCCCCC(F)C(F)(F)S(=O)(=O)O.c1ccncc1. The molecule has 1 heterocycles. The highest BCUT2D eigenvalue weighted by molar-refractivity contribution is 7.86. The molecule has 8 heteroatoms. The Bertz CT molecular complexity index is 486. The third kappa shape index (κ3) is 9.87. The molecule has 0 aliphatic rings. The van der Waals surface area contributed by atoms with Gasteiger partial charge in [0.05, 0.1) is 0 Å². The number of aromatic nitrogens is 1. The Morgan fingerprint density at radius 2 is 1.50 bits per heavy atom. The van der Waals surface area contributed by atoms with Crippen LogP contribution < -0.4 is 0 Å². The normalized spacial score (nSPS) is 13.0. The van der Waals surface area contributed by atoms with Crippen LogP contribution in [-0.4, -0.2) is 29.4 Å². The fourth-order valence-corrected chi connectivity index (χ4v) is 2.36. The molecule has 0 aliphatic heterocycles. The van der Waals surface area contributed by atoms with Gasteiger partial charge in [0.1, 0.15) is 0 Å².